The van der Waals surface area contributed by atoms with E-state index >= 15 is 0 Å². The molecule has 1 aliphatic rings. The molecule has 0 radical (unpaired) electrons. The van der Waals surface area contributed by atoms with Crippen molar-refractivity contribution in [3.63, 3.8) is 0 Å². The van der Waals surface area contributed by atoms with E-state index in [0.717, 1.165) is 0 Å². The van der Waals surface area contributed by atoms with Crippen LogP contribution in [-0.4, -0.2) is 30.6 Å². The fraction of sp³-hybridized carbons (Fsp3) is 0.727. The van der Waals surface area contributed by atoms with Crippen LogP contribution in [-0.2, 0) is 19.1 Å². The first-order valence-corrected chi connectivity index (χ1v) is 5.09. The molecule has 1 rings (SSSR count). The largest absolute Gasteiger partial charge is 0.374 e. The molecule has 0 aromatic carbocycles. The Morgan fingerprint density at radius 1 is 1.33 bits per heavy atom. The number of ketones is 3. The van der Waals surface area contributed by atoms with Gasteiger partial charge in [-0.3, -0.25) is 14.4 Å². The Morgan fingerprint density at radius 3 is 2.20 bits per heavy atom. The minimum absolute atomic E-state index is 0.0619. The van der Waals surface area contributed by atoms with E-state index in [1.807, 2.05) is 6.92 Å². The van der Waals surface area contributed by atoms with E-state index in [0.29, 0.717) is 12.8 Å². The molecule has 0 aromatic rings. The van der Waals surface area contributed by atoms with Crippen molar-refractivity contribution >= 4 is 17.3 Å². The van der Waals surface area contributed by atoms with E-state index in [1.54, 1.807) is 6.92 Å². The molecular weight excluding hydrogens is 196 g/mol. The number of hydrogen-bond donors (Lipinski definition) is 0. The van der Waals surface area contributed by atoms with Crippen molar-refractivity contribution in [3.05, 3.63) is 0 Å². The molecule has 1 unspecified atom stereocenters. The molecule has 15 heavy (non-hydrogen) atoms. The van der Waals surface area contributed by atoms with Crippen LogP contribution in [0.1, 0.15) is 26.7 Å². The average molecular weight is 212 g/mol. The first-order valence-electron chi connectivity index (χ1n) is 5.09. The molecule has 4 nitrogen and oxygen atoms in total. The van der Waals surface area contributed by atoms with Gasteiger partial charge in [-0.05, 0) is 12.8 Å². The van der Waals surface area contributed by atoms with Gasteiger partial charge in [0.2, 0.25) is 0 Å². The first kappa shape index (κ1) is 12.0. The average Bonchev–Trinajstić information content (AvgIpc) is 2.14. The van der Waals surface area contributed by atoms with Gasteiger partial charge in [0.15, 0.2) is 17.3 Å². The van der Waals surface area contributed by atoms with Crippen LogP contribution in [0.2, 0.25) is 0 Å². The Bertz CT molecular complexity index is 277. The number of carbonyl (C=O) groups excluding carboxylic acids is 3. The fourth-order valence-electron chi connectivity index (χ4n) is 1.84. The van der Waals surface area contributed by atoms with E-state index in [4.69, 9.17) is 4.74 Å². The Labute approximate surface area is 89.0 Å². The third kappa shape index (κ3) is 2.50. The molecule has 1 fully saturated rings. The van der Waals surface area contributed by atoms with Gasteiger partial charge in [0.05, 0.1) is 0 Å². The highest BCUT2D eigenvalue weighted by molar-refractivity contribution is 6.21. The van der Waals surface area contributed by atoms with Crippen LogP contribution in [0.3, 0.4) is 0 Å². The van der Waals surface area contributed by atoms with Gasteiger partial charge in [-0.25, -0.2) is 0 Å². The molecule has 4 heteroatoms. The maximum absolute atomic E-state index is 11.7. The molecule has 0 N–H and O–H groups in total. The van der Waals surface area contributed by atoms with E-state index < -0.39 is 17.8 Å². The molecule has 0 bridgehead atoms. The third-order valence-electron chi connectivity index (χ3n) is 2.78. The lowest BCUT2D eigenvalue weighted by atomic mass is 9.78. The molecule has 0 amide bonds. The topological polar surface area (TPSA) is 60.4 Å². The molecule has 0 heterocycles. The molecule has 0 spiro atoms. The van der Waals surface area contributed by atoms with E-state index in [2.05, 4.69) is 0 Å². The molecule has 0 aliphatic heterocycles. The summed E-state index contributed by atoms with van der Waals surface area (Å²) in [6.07, 6.45) is -0.0479. The van der Waals surface area contributed by atoms with Crippen molar-refractivity contribution in [3.8, 4) is 0 Å². The Morgan fingerprint density at radius 2 is 1.80 bits per heavy atom. The van der Waals surface area contributed by atoms with Crippen LogP contribution >= 0.6 is 0 Å². The number of ether oxygens (including phenoxy) is 1. The second-order valence-electron chi connectivity index (χ2n) is 4.16. The molecule has 1 saturated carbocycles. The maximum atomic E-state index is 11.7. The highest BCUT2D eigenvalue weighted by atomic mass is 16.5. The summed E-state index contributed by atoms with van der Waals surface area (Å²) in [7, 11) is 1.39. The number of hydrogen-bond acceptors (Lipinski definition) is 4. The summed E-state index contributed by atoms with van der Waals surface area (Å²) < 4.78 is 4.83. The third-order valence-corrected chi connectivity index (χ3v) is 2.78. The van der Waals surface area contributed by atoms with Crippen LogP contribution in [0.4, 0.5) is 0 Å². The summed E-state index contributed by atoms with van der Waals surface area (Å²) in [6, 6.07) is 0. The van der Waals surface area contributed by atoms with Gasteiger partial charge in [0, 0.05) is 20.0 Å². The molecule has 0 aromatic heterocycles. The molecule has 1 atom stereocenters. The lowest BCUT2D eigenvalue weighted by Gasteiger charge is -2.24. The minimum atomic E-state index is -1.07. The summed E-state index contributed by atoms with van der Waals surface area (Å²) in [4.78, 5) is 34.8. The normalized spacial score (nSPS) is 29.0. The number of Topliss-reactive ketones (excluding diaryl/α,β-unsaturated/α-hetero) is 3. The first-order chi connectivity index (χ1) is 6.97. The highest BCUT2D eigenvalue weighted by Gasteiger charge is 2.40. The van der Waals surface area contributed by atoms with Crippen molar-refractivity contribution in [2.75, 3.05) is 7.11 Å². The zero-order valence-corrected chi connectivity index (χ0v) is 9.28. The predicted octanol–water partition coefficient (Wildman–Crippen LogP) is 0.775. The molecule has 0 saturated heterocycles. The summed E-state index contributed by atoms with van der Waals surface area (Å²) in [5.74, 6) is -1.93. The van der Waals surface area contributed by atoms with Crippen molar-refractivity contribution in [1.29, 1.82) is 0 Å². The summed E-state index contributed by atoms with van der Waals surface area (Å²) in [6.45, 7) is 3.40. The number of carbonyl (C=O) groups is 3. The van der Waals surface area contributed by atoms with Gasteiger partial charge < -0.3 is 4.74 Å². The molecular formula is C11H16O4. The Balaban J connectivity index is 2.80. The predicted molar refractivity (Wildman–Crippen MR) is 53.4 cm³/mol. The van der Waals surface area contributed by atoms with Crippen LogP contribution in [0.25, 0.3) is 0 Å². The summed E-state index contributed by atoms with van der Waals surface area (Å²) in [5, 5.41) is 0. The fourth-order valence-corrected chi connectivity index (χ4v) is 1.84. The van der Waals surface area contributed by atoms with Crippen LogP contribution in [0.15, 0.2) is 0 Å². The Hall–Kier alpha value is -1.03. The zero-order chi connectivity index (χ0) is 11.6. The van der Waals surface area contributed by atoms with Gasteiger partial charge in [0.1, 0.15) is 12.0 Å². The Kier molecular flexibility index (Phi) is 3.74. The number of rotatable bonds is 3. The second-order valence-corrected chi connectivity index (χ2v) is 4.16. The smallest absolute Gasteiger partial charge is 0.179 e. The van der Waals surface area contributed by atoms with E-state index in [1.165, 1.54) is 7.11 Å². The van der Waals surface area contributed by atoms with Crippen molar-refractivity contribution in [1.82, 2.24) is 0 Å². The summed E-state index contributed by atoms with van der Waals surface area (Å²) >= 11 is 0. The van der Waals surface area contributed by atoms with Crippen LogP contribution in [0.5, 0.6) is 0 Å². The monoisotopic (exact) mass is 212 g/mol. The minimum Gasteiger partial charge on any atom is -0.374 e. The standard InChI is InChI=1S/C11H16O4/c1-6-4-8(12)10(9(13)5-6)11(14)7(2)15-3/h6-7,10H,4-5H2,1-3H3. The van der Waals surface area contributed by atoms with Gasteiger partial charge in [-0.2, -0.15) is 0 Å². The second kappa shape index (κ2) is 4.66. The quantitative estimate of drug-likeness (QED) is 0.648. The van der Waals surface area contributed by atoms with E-state index in [-0.39, 0.29) is 17.5 Å². The zero-order valence-electron chi connectivity index (χ0n) is 9.28. The highest BCUT2D eigenvalue weighted by Crippen LogP contribution is 2.24. The SMILES string of the molecule is COC(C)C(=O)C1C(=O)CC(C)CC1=O. The lowest BCUT2D eigenvalue weighted by Crippen LogP contribution is -2.42. The van der Waals surface area contributed by atoms with Gasteiger partial charge in [-0.15, -0.1) is 0 Å². The van der Waals surface area contributed by atoms with Crippen LogP contribution < -0.4 is 0 Å². The van der Waals surface area contributed by atoms with E-state index in [9.17, 15) is 14.4 Å². The molecule has 1 aliphatic carbocycles. The van der Waals surface area contributed by atoms with Gasteiger partial charge >= 0.3 is 0 Å². The van der Waals surface area contributed by atoms with Crippen molar-refractivity contribution in [2.24, 2.45) is 11.8 Å². The van der Waals surface area contributed by atoms with Crippen molar-refractivity contribution in [2.45, 2.75) is 32.8 Å². The van der Waals surface area contributed by atoms with Gasteiger partial charge in [0.25, 0.3) is 0 Å². The lowest BCUT2D eigenvalue weighted by molar-refractivity contribution is -0.147. The van der Waals surface area contributed by atoms with Crippen molar-refractivity contribution < 1.29 is 19.1 Å². The summed E-state index contributed by atoms with van der Waals surface area (Å²) in [5.41, 5.74) is 0. The van der Waals surface area contributed by atoms with Crippen LogP contribution in [0, 0.1) is 11.8 Å². The molecule has 84 valence electrons. The number of methoxy groups -OCH3 is 1. The van der Waals surface area contributed by atoms with Gasteiger partial charge in [-0.1, -0.05) is 6.92 Å². The maximum Gasteiger partial charge on any atom is 0.179 e.